The van der Waals surface area contributed by atoms with Crippen LogP contribution in [0.25, 0.3) is 0 Å². The van der Waals surface area contributed by atoms with Crippen molar-refractivity contribution in [2.75, 3.05) is 19.6 Å². The summed E-state index contributed by atoms with van der Waals surface area (Å²) in [6, 6.07) is 24.6. The van der Waals surface area contributed by atoms with E-state index in [1.807, 2.05) is 78.9 Å². The van der Waals surface area contributed by atoms with Crippen LogP contribution in [0, 0.1) is 0 Å². The van der Waals surface area contributed by atoms with Gasteiger partial charge in [0.2, 0.25) is 5.84 Å². The first-order valence-corrected chi connectivity index (χ1v) is 8.38. The Hall–Kier alpha value is -3.67. The molecule has 0 amide bonds. The minimum atomic E-state index is 0.437. The molecule has 3 rings (SSSR count). The highest BCUT2D eigenvalue weighted by Crippen LogP contribution is 2.27. The number of hydrogen-bond acceptors (Lipinski definition) is 5. The van der Waals surface area contributed by atoms with Crippen LogP contribution >= 0.6 is 0 Å². The average Bonchev–Trinajstić information content (AvgIpc) is 2.75. The zero-order chi connectivity index (χ0) is 18.9. The summed E-state index contributed by atoms with van der Waals surface area (Å²) in [7, 11) is 3.22. The first-order chi connectivity index (χ1) is 13.3. The summed E-state index contributed by atoms with van der Waals surface area (Å²) in [5.41, 5.74) is 5.20. The van der Waals surface area contributed by atoms with Crippen molar-refractivity contribution in [1.29, 1.82) is 0 Å². The summed E-state index contributed by atoms with van der Waals surface area (Å²) in [6.07, 6.45) is 0. The second-order valence-electron chi connectivity index (χ2n) is 5.49. The van der Waals surface area contributed by atoms with E-state index in [9.17, 15) is 0 Å². The van der Waals surface area contributed by atoms with Gasteiger partial charge in [-0.3, -0.25) is 5.43 Å². The standard InChI is InChI=1S/C21H20N4O2/c1-26-19-14-8-6-12-17(19)22-24-21(16-10-4-3-5-11-16)25-23-18-13-7-9-15-20(18)27-2/h3-15,22H,1-2H3/b24-21-,25-23?. The number of rotatable bonds is 6. The number of methoxy groups -OCH3 is 2. The molecule has 136 valence electrons. The Balaban J connectivity index is 1.93. The minimum absolute atomic E-state index is 0.437. The minimum Gasteiger partial charge on any atom is -0.495 e. The van der Waals surface area contributed by atoms with Gasteiger partial charge >= 0.3 is 0 Å². The van der Waals surface area contributed by atoms with Gasteiger partial charge in [0.15, 0.2) is 0 Å². The van der Waals surface area contributed by atoms with Gasteiger partial charge in [-0.1, -0.05) is 54.6 Å². The smallest absolute Gasteiger partial charge is 0.201 e. The molecule has 0 unspecified atom stereocenters. The van der Waals surface area contributed by atoms with E-state index in [1.165, 1.54) is 0 Å². The molecule has 0 spiro atoms. The van der Waals surface area contributed by atoms with Crippen LogP contribution in [0.3, 0.4) is 0 Å². The molecule has 6 heteroatoms. The highest BCUT2D eigenvalue weighted by Gasteiger charge is 2.06. The predicted molar refractivity (Wildman–Crippen MR) is 107 cm³/mol. The third-order valence-electron chi connectivity index (χ3n) is 3.76. The molecule has 0 aliphatic carbocycles. The topological polar surface area (TPSA) is 67.6 Å². The Morgan fingerprint density at radius 2 is 1.37 bits per heavy atom. The number of benzene rings is 3. The number of azo groups is 1. The number of hydrogen-bond donors (Lipinski definition) is 1. The third-order valence-corrected chi connectivity index (χ3v) is 3.76. The van der Waals surface area contributed by atoms with Gasteiger partial charge in [-0.05, 0) is 24.3 Å². The van der Waals surface area contributed by atoms with Crippen LogP contribution in [0.1, 0.15) is 5.56 Å². The number of para-hydroxylation sites is 3. The third kappa shape index (κ3) is 4.70. The van der Waals surface area contributed by atoms with Crippen molar-refractivity contribution in [3.63, 3.8) is 0 Å². The highest BCUT2D eigenvalue weighted by atomic mass is 16.5. The van der Waals surface area contributed by atoms with E-state index in [0.29, 0.717) is 23.0 Å². The van der Waals surface area contributed by atoms with Crippen molar-refractivity contribution < 1.29 is 9.47 Å². The normalized spacial score (nSPS) is 11.4. The Bertz CT molecular complexity index is 940. The van der Waals surface area contributed by atoms with Gasteiger partial charge < -0.3 is 9.47 Å². The molecule has 6 nitrogen and oxygen atoms in total. The number of hydrazone groups is 1. The van der Waals surface area contributed by atoms with Crippen molar-refractivity contribution in [2.24, 2.45) is 15.3 Å². The Morgan fingerprint density at radius 1 is 0.741 bits per heavy atom. The Labute approximate surface area is 158 Å². The first kappa shape index (κ1) is 18.1. The lowest BCUT2D eigenvalue weighted by Gasteiger charge is -2.08. The zero-order valence-corrected chi connectivity index (χ0v) is 15.2. The van der Waals surface area contributed by atoms with Crippen LogP contribution in [0.4, 0.5) is 11.4 Å². The van der Waals surface area contributed by atoms with E-state index in [1.54, 1.807) is 14.2 Å². The monoisotopic (exact) mass is 360 g/mol. The maximum atomic E-state index is 5.34. The van der Waals surface area contributed by atoms with Crippen LogP contribution in [-0.2, 0) is 0 Å². The Kier molecular flexibility index (Phi) is 6.14. The predicted octanol–water partition coefficient (Wildman–Crippen LogP) is 5.26. The van der Waals surface area contributed by atoms with Crippen molar-refractivity contribution >= 4 is 17.2 Å². The maximum Gasteiger partial charge on any atom is 0.201 e. The van der Waals surface area contributed by atoms with Crippen LogP contribution < -0.4 is 14.9 Å². The van der Waals surface area contributed by atoms with E-state index in [4.69, 9.17) is 9.47 Å². The van der Waals surface area contributed by atoms with E-state index in [2.05, 4.69) is 20.8 Å². The van der Waals surface area contributed by atoms with Crippen molar-refractivity contribution in [2.45, 2.75) is 0 Å². The van der Waals surface area contributed by atoms with Crippen LogP contribution in [0.15, 0.2) is 94.2 Å². The van der Waals surface area contributed by atoms with Crippen molar-refractivity contribution in [1.82, 2.24) is 0 Å². The van der Waals surface area contributed by atoms with Crippen LogP contribution in [-0.4, -0.2) is 20.1 Å². The Morgan fingerprint density at radius 3 is 2.11 bits per heavy atom. The molecule has 0 atom stereocenters. The summed E-state index contributed by atoms with van der Waals surface area (Å²) in [5, 5.41) is 13.1. The van der Waals surface area contributed by atoms with E-state index < -0.39 is 0 Å². The van der Waals surface area contributed by atoms with Gasteiger partial charge in [0.25, 0.3) is 0 Å². The summed E-state index contributed by atoms with van der Waals surface area (Å²) in [5.74, 6) is 1.77. The van der Waals surface area contributed by atoms with Crippen LogP contribution in [0.2, 0.25) is 0 Å². The van der Waals surface area contributed by atoms with Gasteiger partial charge in [-0.25, -0.2) is 0 Å². The lowest BCUT2D eigenvalue weighted by Crippen LogP contribution is -2.02. The molecule has 0 bridgehead atoms. The fourth-order valence-electron chi connectivity index (χ4n) is 2.40. The fourth-order valence-corrected chi connectivity index (χ4v) is 2.40. The zero-order valence-electron chi connectivity index (χ0n) is 15.2. The molecule has 0 fully saturated rings. The summed E-state index contributed by atoms with van der Waals surface area (Å²) >= 11 is 0. The number of amidine groups is 1. The summed E-state index contributed by atoms with van der Waals surface area (Å²) < 4.78 is 10.7. The molecule has 0 aliphatic heterocycles. The SMILES string of the molecule is COc1ccccc1N=N/C(=N\Nc1ccccc1OC)c1ccccc1. The number of nitrogens with one attached hydrogen (secondary N) is 1. The fraction of sp³-hybridized carbons (Fsp3) is 0.0952. The molecule has 27 heavy (non-hydrogen) atoms. The van der Waals surface area contributed by atoms with E-state index in [-0.39, 0.29) is 0 Å². The molecule has 3 aromatic rings. The molecule has 0 aliphatic rings. The molecular weight excluding hydrogens is 340 g/mol. The lowest BCUT2D eigenvalue weighted by molar-refractivity contribution is 0.416. The highest BCUT2D eigenvalue weighted by molar-refractivity contribution is 5.99. The molecule has 1 N–H and O–H groups in total. The second kappa shape index (κ2) is 9.15. The summed E-state index contributed by atoms with van der Waals surface area (Å²) in [6.45, 7) is 0. The number of ether oxygens (including phenoxy) is 2. The first-order valence-electron chi connectivity index (χ1n) is 8.38. The van der Waals surface area contributed by atoms with Gasteiger partial charge in [0.05, 0.1) is 19.9 Å². The van der Waals surface area contributed by atoms with Gasteiger partial charge in [0, 0.05) is 5.56 Å². The molecule has 0 aromatic heterocycles. The molecule has 0 saturated heterocycles. The second-order valence-corrected chi connectivity index (χ2v) is 5.49. The quantitative estimate of drug-likeness (QED) is 0.282. The van der Waals surface area contributed by atoms with Gasteiger partial charge in [0.1, 0.15) is 17.2 Å². The van der Waals surface area contributed by atoms with Crippen LogP contribution in [0.5, 0.6) is 11.5 Å². The van der Waals surface area contributed by atoms with Gasteiger partial charge in [-0.2, -0.15) is 5.10 Å². The molecule has 0 saturated carbocycles. The van der Waals surface area contributed by atoms with E-state index in [0.717, 1.165) is 11.3 Å². The van der Waals surface area contributed by atoms with Crippen molar-refractivity contribution in [3.05, 3.63) is 84.4 Å². The lowest BCUT2D eigenvalue weighted by atomic mass is 10.2. The van der Waals surface area contributed by atoms with Gasteiger partial charge in [-0.15, -0.1) is 10.2 Å². The maximum absolute atomic E-state index is 5.34. The summed E-state index contributed by atoms with van der Waals surface area (Å²) in [4.78, 5) is 0. The largest absolute Gasteiger partial charge is 0.495 e. The average molecular weight is 360 g/mol. The molecule has 0 radical (unpaired) electrons. The van der Waals surface area contributed by atoms with Crippen molar-refractivity contribution in [3.8, 4) is 11.5 Å². The molecule has 0 heterocycles. The number of anilines is 1. The molecule has 3 aromatic carbocycles. The van der Waals surface area contributed by atoms with E-state index >= 15 is 0 Å². The molecular formula is C21H20N4O2. The number of nitrogens with zero attached hydrogens (tertiary/aromatic N) is 3.